The van der Waals surface area contributed by atoms with Crippen molar-refractivity contribution in [2.45, 2.75) is 45.8 Å². The number of aromatic hydroxyl groups is 1. The Kier molecular flexibility index (Phi) is 4.48. The van der Waals surface area contributed by atoms with Crippen LogP contribution in [-0.4, -0.2) is 27.4 Å². The summed E-state index contributed by atoms with van der Waals surface area (Å²) in [5, 5.41) is 12.9. The van der Waals surface area contributed by atoms with Gasteiger partial charge in [-0.2, -0.15) is 0 Å². The van der Waals surface area contributed by atoms with E-state index in [-0.39, 0.29) is 17.6 Å². The summed E-state index contributed by atoms with van der Waals surface area (Å²) in [5.74, 6) is -0.377. The topological polar surface area (TPSA) is 69.6 Å². The predicted octanol–water partition coefficient (Wildman–Crippen LogP) is 3.31. The van der Waals surface area contributed by atoms with Gasteiger partial charge < -0.3 is 15.3 Å². The zero-order chi connectivity index (χ0) is 19.1. The van der Waals surface area contributed by atoms with Gasteiger partial charge >= 0.3 is 0 Å². The van der Waals surface area contributed by atoms with Crippen molar-refractivity contribution in [1.82, 2.24) is 10.2 Å². The first-order valence-corrected chi connectivity index (χ1v) is 8.69. The van der Waals surface area contributed by atoms with E-state index in [2.05, 4.69) is 5.32 Å². The van der Waals surface area contributed by atoms with Crippen LogP contribution in [-0.2, 0) is 11.3 Å². The van der Waals surface area contributed by atoms with E-state index in [1.54, 1.807) is 24.0 Å². The van der Waals surface area contributed by atoms with E-state index in [9.17, 15) is 14.7 Å². The molecule has 2 N–H and O–H groups in total. The molecule has 0 unspecified atom stereocenters. The lowest BCUT2D eigenvalue weighted by Crippen LogP contribution is -2.48. The average molecular weight is 352 g/mol. The molecule has 0 bridgehead atoms. The van der Waals surface area contributed by atoms with Crippen molar-refractivity contribution >= 4 is 11.8 Å². The summed E-state index contributed by atoms with van der Waals surface area (Å²) >= 11 is 0. The maximum Gasteiger partial charge on any atom is 0.256 e. The maximum atomic E-state index is 13.0. The minimum absolute atomic E-state index is 0.0660. The molecule has 0 aromatic heterocycles. The highest BCUT2D eigenvalue weighted by Gasteiger charge is 2.47. The van der Waals surface area contributed by atoms with Gasteiger partial charge in [0.05, 0.1) is 5.56 Å². The van der Waals surface area contributed by atoms with Crippen LogP contribution >= 0.6 is 0 Å². The molecule has 26 heavy (non-hydrogen) atoms. The Morgan fingerprint density at radius 1 is 1.15 bits per heavy atom. The van der Waals surface area contributed by atoms with E-state index in [0.29, 0.717) is 23.2 Å². The fourth-order valence-electron chi connectivity index (χ4n) is 3.44. The maximum absolute atomic E-state index is 13.0. The molecule has 1 aliphatic heterocycles. The summed E-state index contributed by atoms with van der Waals surface area (Å²) in [4.78, 5) is 27.7. The molecule has 1 aliphatic rings. The molecule has 1 atom stereocenters. The Balaban J connectivity index is 1.96. The van der Waals surface area contributed by atoms with Crippen LogP contribution < -0.4 is 5.32 Å². The Morgan fingerprint density at radius 3 is 2.42 bits per heavy atom. The van der Waals surface area contributed by atoms with Crippen LogP contribution in [0.4, 0.5) is 0 Å². The Hall–Kier alpha value is -2.82. The highest BCUT2D eigenvalue weighted by Crippen LogP contribution is 2.42. The minimum Gasteiger partial charge on any atom is -0.508 e. The predicted molar refractivity (Wildman–Crippen MR) is 99.8 cm³/mol. The molecule has 0 aliphatic carbocycles. The molecule has 5 heteroatoms. The fourth-order valence-corrected chi connectivity index (χ4v) is 3.44. The number of fused-ring (bicyclic) bond motifs is 1. The normalized spacial score (nSPS) is 16.5. The van der Waals surface area contributed by atoms with E-state index in [1.165, 1.54) is 0 Å². The van der Waals surface area contributed by atoms with Crippen molar-refractivity contribution < 1.29 is 14.7 Å². The van der Waals surface area contributed by atoms with Gasteiger partial charge in [0, 0.05) is 17.6 Å². The second kappa shape index (κ2) is 6.48. The largest absolute Gasteiger partial charge is 0.508 e. The molecule has 136 valence electrons. The molecular formula is C21H24N2O3. The van der Waals surface area contributed by atoms with E-state index >= 15 is 0 Å². The van der Waals surface area contributed by atoms with Crippen molar-refractivity contribution in [3.05, 3.63) is 64.7 Å². The minimum atomic E-state index is -0.708. The highest BCUT2D eigenvalue weighted by atomic mass is 16.3. The zero-order valence-electron chi connectivity index (χ0n) is 15.5. The molecule has 0 radical (unpaired) electrons. The van der Waals surface area contributed by atoms with Crippen LogP contribution in [0, 0.1) is 6.92 Å². The third-order valence-electron chi connectivity index (χ3n) is 4.73. The molecule has 0 saturated carbocycles. The summed E-state index contributed by atoms with van der Waals surface area (Å²) in [6.45, 7) is 7.82. The first-order chi connectivity index (χ1) is 12.2. The number of hydrogen-bond acceptors (Lipinski definition) is 3. The van der Waals surface area contributed by atoms with Crippen LogP contribution in [0.25, 0.3) is 0 Å². The van der Waals surface area contributed by atoms with Gasteiger partial charge in [-0.1, -0.05) is 36.4 Å². The number of phenols is 1. The third kappa shape index (κ3) is 3.05. The summed E-state index contributed by atoms with van der Waals surface area (Å²) in [5.41, 5.74) is 2.05. The van der Waals surface area contributed by atoms with Crippen molar-refractivity contribution in [3.63, 3.8) is 0 Å². The van der Waals surface area contributed by atoms with Crippen LogP contribution in [0.15, 0.2) is 42.5 Å². The second-order valence-corrected chi connectivity index (χ2v) is 7.63. The number of phenolic OH excluding ortho intramolecular Hbond substituents is 1. The van der Waals surface area contributed by atoms with E-state index in [4.69, 9.17) is 0 Å². The molecule has 5 nitrogen and oxygen atoms in total. The van der Waals surface area contributed by atoms with Gasteiger partial charge in [-0.3, -0.25) is 9.59 Å². The van der Waals surface area contributed by atoms with Gasteiger partial charge in [0.25, 0.3) is 5.91 Å². The van der Waals surface area contributed by atoms with Crippen LogP contribution in [0.1, 0.15) is 53.9 Å². The molecular weight excluding hydrogens is 328 g/mol. The lowest BCUT2D eigenvalue weighted by atomic mass is 9.98. The quantitative estimate of drug-likeness (QED) is 0.890. The summed E-state index contributed by atoms with van der Waals surface area (Å²) in [6, 6.07) is 12.2. The van der Waals surface area contributed by atoms with E-state index < -0.39 is 11.6 Å². The summed E-state index contributed by atoms with van der Waals surface area (Å²) < 4.78 is 0. The average Bonchev–Trinajstić information content (AvgIpc) is 2.90. The highest BCUT2D eigenvalue weighted by molar-refractivity contribution is 6.06. The van der Waals surface area contributed by atoms with Crippen molar-refractivity contribution in [2.75, 3.05) is 0 Å². The monoisotopic (exact) mass is 352 g/mol. The smallest absolute Gasteiger partial charge is 0.256 e. The SMILES string of the molecule is Cc1c(O)ccc2c1C(=O)N(C(C)(C)C)[C@H]2C(=O)NCc1ccccc1. The third-order valence-corrected chi connectivity index (χ3v) is 4.73. The molecule has 1 heterocycles. The zero-order valence-corrected chi connectivity index (χ0v) is 15.5. The lowest BCUT2D eigenvalue weighted by molar-refractivity contribution is -0.127. The van der Waals surface area contributed by atoms with Gasteiger partial charge in [0.15, 0.2) is 0 Å². The van der Waals surface area contributed by atoms with Crippen molar-refractivity contribution in [1.29, 1.82) is 0 Å². The first kappa shape index (κ1) is 18.0. The number of amides is 2. The number of carbonyl (C=O) groups excluding carboxylic acids is 2. The van der Waals surface area contributed by atoms with Gasteiger partial charge in [0.2, 0.25) is 5.91 Å². The number of benzene rings is 2. The second-order valence-electron chi connectivity index (χ2n) is 7.63. The van der Waals surface area contributed by atoms with Gasteiger partial charge in [0.1, 0.15) is 11.8 Å². The molecule has 2 aromatic carbocycles. The Labute approximate surface area is 153 Å². The van der Waals surface area contributed by atoms with Crippen molar-refractivity contribution in [2.24, 2.45) is 0 Å². The van der Waals surface area contributed by atoms with Gasteiger partial charge in [-0.15, -0.1) is 0 Å². The van der Waals surface area contributed by atoms with Crippen LogP contribution in [0.3, 0.4) is 0 Å². The number of nitrogens with zero attached hydrogens (tertiary/aromatic N) is 1. The van der Waals surface area contributed by atoms with Gasteiger partial charge in [-0.25, -0.2) is 0 Å². The summed E-state index contributed by atoms with van der Waals surface area (Å²) in [6.07, 6.45) is 0. The standard InChI is InChI=1S/C21H24N2O3/c1-13-16(24)11-10-15-17(13)20(26)23(21(2,3)4)18(15)19(25)22-12-14-8-6-5-7-9-14/h5-11,18,24H,12H2,1-4H3,(H,22,25)/t18-/m1/s1. The number of rotatable bonds is 3. The molecule has 2 amide bonds. The number of hydrogen-bond donors (Lipinski definition) is 2. The Morgan fingerprint density at radius 2 is 1.81 bits per heavy atom. The Bertz CT molecular complexity index is 854. The van der Waals surface area contributed by atoms with Crippen molar-refractivity contribution in [3.8, 4) is 5.75 Å². The fraction of sp³-hybridized carbons (Fsp3) is 0.333. The summed E-state index contributed by atoms with van der Waals surface area (Å²) in [7, 11) is 0. The van der Waals surface area contributed by atoms with Crippen LogP contribution in [0.5, 0.6) is 5.75 Å². The van der Waals surface area contributed by atoms with Gasteiger partial charge in [-0.05, 0) is 44.9 Å². The molecule has 0 saturated heterocycles. The molecule has 3 rings (SSSR count). The molecule has 0 fully saturated rings. The first-order valence-electron chi connectivity index (χ1n) is 8.69. The number of carbonyl (C=O) groups is 2. The number of nitrogens with one attached hydrogen (secondary N) is 1. The van der Waals surface area contributed by atoms with E-state index in [1.807, 2.05) is 51.1 Å². The van der Waals surface area contributed by atoms with Crippen LogP contribution in [0.2, 0.25) is 0 Å². The lowest BCUT2D eigenvalue weighted by Gasteiger charge is -2.36. The van der Waals surface area contributed by atoms with E-state index in [0.717, 1.165) is 5.56 Å². The molecule has 0 spiro atoms. The molecule has 2 aromatic rings.